The fourth-order valence-electron chi connectivity index (χ4n) is 2.70. The van der Waals surface area contributed by atoms with Crippen molar-refractivity contribution >= 4 is 43.9 Å². The van der Waals surface area contributed by atoms with Gasteiger partial charge in [0.15, 0.2) is 10.9 Å². The smallest absolute Gasteiger partial charge is 0.238 e. The molecule has 1 saturated heterocycles. The summed E-state index contributed by atoms with van der Waals surface area (Å²) in [5.74, 6) is 0.323. The van der Waals surface area contributed by atoms with Crippen LogP contribution >= 0.6 is 28.7 Å². The molecule has 0 bridgehead atoms. The van der Waals surface area contributed by atoms with Gasteiger partial charge in [-0.1, -0.05) is 30.0 Å². The van der Waals surface area contributed by atoms with Crippen molar-refractivity contribution in [3.05, 3.63) is 54.1 Å². The highest BCUT2D eigenvalue weighted by molar-refractivity contribution is 8.93. The van der Waals surface area contributed by atoms with Crippen LogP contribution in [0.1, 0.15) is 16.7 Å². The van der Waals surface area contributed by atoms with Gasteiger partial charge in [0, 0.05) is 12.1 Å². The molecule has 0 saturated carbocycles. The molecule has 1 atom stereocenters. The Morgan fingerprint density at radius 1 is 1.38 bits per heavy atom. The third-order valence-electron chi connectivity index (χ3n) is 4.14. The summed E-state index contributed by atoms with van der Waals surface area (Å²) in [5.41, 5.74) is 0.403. The van der Waals surface area contributed by atoms with E-state index in [4.69, 9.17) is 5.14 Å². The van der Waals surface area contributed by atoms with Crippen LogP contribution in [0.5, 0.6) is 0 Å². The number of halogens is 1. The lowest BCUT2D eigenvalue weighted by Gasteiger charge is -2.34. The Morgan fingerprint density at radius 3 is 2.58 bits per heavy atom. The summed E-state index contributed by atoms with van der Waals surface area (Å²) >= 11 is 1.41. The van der Waals surface area contributed by atoms with Crippen LogP contribution in [-0.4, -0.2) is 42.4 Å². The Hall–Kier alpha value is -1.13. The van der Waals surface area contributed by atoms with Crippen molar-refractivity contribution in [3.63, 3.8) is 0 Å². The maximum Gasteiger partial charge on any atom is 0.238 e. The molecule has 144 valence electrons. The summed E-state index contributed by atoms with van der Waals surface area (Å²) in [6.45, 7) is 11.7. The number of hydrogen-bond acceptors (Lipinski definition) is 5. The van der Waals surface area contributed by atoms with E-state index in [1.165, 1.54) is 17.8 Å². The molecule has 1 fully saturated rings. The number of nitrogens with two attached hydrogens (primary N) is 1. The van der Waals surface area contributed by atoms with Gasteiger partial charge in [-0.2, -0.15) is 0 Å². The molecule has 1 aliphatic heterocycles. The number of aryl methyl sites for hydroxylation is 1. The number of sulfonamides is 1. The SMILES string of the molecule is Br.C=CCN=C1SCC(O)(c2cc(C)c(C)c(S(N)(=O)=O)c2)N1CC=C. The van der Waals surface area contributed by atoms with Gasteiger partial charge in [0.05, 0.1) is 17.2 Å². The van der Waals surface area contributed by atoms with Gasteiger partial charge in [-0.25, -0.2) is 13.6 Å². The first-order valence-corrected chi connectivity index (χ1v) is 10.2. The highest BCUT2D eigenvalue weighted by Gasteiger charge is 2.44. The summed E-state index contributed by atoms with van der Waals surface area (Å²) in [6.07, 6.45) is 3.34. The highest BCUT2D eigenvalue weighted by Crippen LogP contribution is 2.40. The molecule has 0 radical (unpaired) electrons. The quantitative estimate of drug-likeness (QED) is 0.634. The molecule has 3 N–H and O–H groups in total. The largest absolute Gasteiger partial charge is 0.366 e. The molecule has 0 spiro atoms. The Labute approximate surface area is 169 Å². The van der Waals surface area contributed by atoms with Crippen molar-refractivity contribution in [1.29, 1.82) is 0 Å². The number of amidine groups is 1. The molecule has 1 unspecified atom stereocenters. The predicted molar refractivity (Wildman–Crippen MR) is 113 cm³/mol. The first kappa shape index (κ1) is 22.9. The highest BCUT2D eigenvalue weighted by atomic mass is 79.9. The number of rotatable bonds is 6. The monoisotopic (exact) mass is 461 g/mol. The van der Waals surface area contributed by atoms with Crippen molar-refractivity contribution in [2.75, 3.05) is 18.8 Å². The second kappa shape index (κ2) is 8.71. The molecule has 1 heterocycles. The molecule has 1 aromatic carbocycles. The van der Waals surface area contributed by atoms with Gasteiger partial charge in [0.2, 0.25) is 10.0 Å². The van der Waals surface area contributed by atoms with Gasteiger partial charge in [0.25, 0.3) is 0 Å². The maximum absolute atomic E-state index is 11.9. The number of primary sulfonamides is 1. The van der Waals surface area contributed by atoms with E-state index >= 15 is 0 Å². The zero-order valence-electron chi connectivity index (χ0n) is 14.8. The van der Waals surface area contributed by atoms with E-state index in [9.17, 15) is 13.5 Å². The fraction of sp³-hybridized carbons (Fsp3) is 0.353. The maximum atomic E-state index is 11.9. The number of nitrogens with zero attached hydrogens (tertiary/aromatic N) is 2. The topological polar surface area (TPSA) is 96.0 Å². The van der Waals surface area contributed by atoms with Crippen molar-refractivity contribution in [2.24, 2.45) is 10.1 Å². The van der Waals surface area contributed by atoms with Crippen LogP contribution < -0.4 is 5.14 Å². The van der Waals surface area contributed by atoms with E-state index in [1.807, 2.05) is 0 Å². The van der Waals surface area contributed by atoms with Gasteiger partial charge < -0.3 is 10.0 Å². The van der Waals surface area contributed by atoms with E-state index in [-0.39, 0.29) is 21.9 Å². The first-order valence-electron chi connectivity index (χ1n) is 7.68. The van der Waals surface area contributed by atoms with E-state index in [0.29, 0.717) is 35.1 Å². The van der Waals surface area contributed by atoms with E-state index < -0.39 is 15.7 Å². The van der Waals surface area contributed by atoms with Crippen molar-refractivity contribution in [2.45, 2.75) is 24.5 Å². The molecule has 1 aromatic rings. The van der Waals surface area contributed by atoms with Crippen LogP contribution in [0.25, 0.3) is 0 Å². The van der Waals surface area contributed by atoms with E-state index in [2.05, 4.69) is 18.2 Å². The molecular weight excluding hydrogens is 438 g/mol. The summed E-state index contributed by atoms with van der Waals surface area (Å²) in [6, 6.07) is 3.24. The minimum Gasteiger partial charge on any atom is -0.366 e. The number of thioether (sulfide) groups is 1. The lowest BCUT2D eigenvalue weighted by atomic mass is 9.98. The fourth-order valence-corrected chi connectivity index (χ4v) is 4.78. The van der Waals surface area contributed by atoms with Gasteiger partial charge in [-0.15, -0.1) is 30.1 Å². The van der Waals surface area contributed by atoms with E-state index in [1.54, 1.807) is 37.0 Å². The minimum atomic E-state index is -3.89. The van der Waals surface area contributed by atoms with Gasteiger partial charge in [-0.3, -0.25) is 4.99 Å². The van der Waals surface area contributed by atoms with Gasteiger partial charge >= 0.3 is 0 Å². The van der Waals surface area contributed by atoms with Gasteiger partial charge in [0.1, 0.15) is 0 Å². The average Bonchev–Trinajstić information content (AvgIpc) is 2.85. The van der Waals surface area contributed by atoms with Crippen LogP contribution in [0.2, 0.25) is 0 Å². The second-order valence-electron chi connectivity index (χ2n) is 5.88. The lowest BCUT2D eigenvalue weighted by molar-refractivity contribution is -0.0425. The molecule has 6 nitrogen and oxygen atoms in total. The Kier molecular flexibility index (Phi) is 7.67. The third-order valence-corrected chi connectivity index (χ3v) is 6.33. The van der Waals surface area contributed by atoms with Crippen molar-refractivity contribution in [1.82, 2.24) is 4.90 Å². The van der Waals surface area contributed by atoms with Crippen LogP contribution in [-0.2, 0) is 15.7 Å². The molecule has 1 aliphatic rings. The minimum absolute atomic E-state index is 0. The molecule has 0 amide bonds. The van der Waals surface area contributed by atoms with Crippen molar-refractivity contribution in [3.8, 4) is 0 Å². The summed E-state index contributed by atoms with van der Waals surface area (Å²) in [7, 11) is -3.89. The molecule has 0 aliphatic carbocycles. The number of hydrogen-bond donors (Lipinski definition) is 2. The molecule has 9 heteroatoms. The number of aliphatic hydroxyl groups is 1. The normalized spacial score (nSPS) is 21.5. The molecular formula is C17H24BrN3O3S2. The summed E-state index contributed by atoms with van der Waals surface area (Å²) in [5, 5.41) is 17.4. The Morgan fingerprint density at radius 2 is 2.04 bits per heavy atom. The second-order valence-corrected chi connectivity index (χ2v) is 8.35. The van der Waals surface area contributed by atoms with Crippen molar-refractivity contribution < 1.29 is 13.5 Å². The van der Waals surface area contributed by atoms with Crippen LogP contribution in [0.3, 0.4) is 0 Å². The predicted octanol–water partition coefficient (Wildman–Crippen LogP) is 2.45. The zero-order valence-corrected chi connectivity index (χ0v) is 18.2. The van der Waals surface area contributed by atoms with Crippen LogP contribution in [0.15, 0.2) is 47.3 Å². The summed E-state index contributed by atoms with van der Waals surface area (Å²) in [4.78, 5) is 6.15. The Bertz CT molecular complexity index is 840. The summed E-state index contributed by atoms with van der Waals surface area (Å²) < 4.78 is 23.8. The lowest BCUT2D eigenvalue weighted by Crippen LogP contribution is -2.45. The molecule has 2 rings (SSSR count). The molecule has 26 heavy (non-hydrogen) atoms. The van der Waals surface area contributed by atoms with Crippen LogP contribution in [0.4, 0.5) is 0 Å². The Balaban J connectivity index is 0.00000338. The third kappa shape index (κ3) is 4.40. The standard InChI is InChI=1S/C17H23N3O3S2.BrH/c1-5-7-19-16-20(8-6-2)17(21,11-24-16)14-9-12(3)13(4)15(10-14)25(18,22)23;/h5-6,9-10,21H,1-2,7-8,11H2,3-4H3,(H2,18,22,23);1H. The van der Waals surface area contributed by atoms with Crippen LogP contribution in [0, 0.1) is 13.8 Å². The first-order chi connectivity index (χ1) is 11.6. The number of aliphatic imine (C=N–C) groups is 1. The van der Waals surface area contributed by atoms with Gasteiger partial charge in [-0.05, 0) is 31.0 Å². The average molecular weight is 462 g/mol. The number of benzene rings is 1. The molecule has 0 aromatic heterocycles. The zero-order chi connectivity index (χ0) is 18.8. The van der Waals surface area contributed by atoms with E-state index in [0.717, 1.165) is 5.56 Å².